The van der Waals surface area contributed by atoms with Gasteiger partial charge in [-0.2, -0.15) is 5.26 Å². The molecule has 222 valence electrons. The summed E-state index contributed by atoms with van der Waals surface area (Å²) >= 11 is 1.39. The number of aromatic nitrogens is 1. The van der Waals surface area contributed by atoms with E-state index >= 15 is 0 Å². The Morgan fingerprint density at radius 2 is 1.60 bits per heavy atom. The molecule has 1 atom stereocenters. The maximum absolute atomic E-state index is 14.1. The van der Waals surface area contributed by atoms with Crippen molar-refractivity contribution in [2.24, 2.45) is 5.41 Å². The van der Waals surface area contributed by atoms with Crippen LogP contribution in [0.15, 0.2) is 109 Å². The van der Waals surface area contributed by atoms with Gasteiger partial charge in [-0.3, -0.25) is 9.59 Å². The van der Waals surface area contributed by atoms with Crippen molar-refractivity contribution in [1.82, 2.24) is 9.88 Å². The van der Waals surface area contributed by atoms with Crippen molar-refractivity contribution in [2.75, 3.05) is 11.9 Å². The van der Waals surface area contributed by atoms with Gasteiger partial charge in [-0.15, -0.1) is 11.3 Å². The average Bonchev–Trinajstić information content (AvgIpc) is 3.55. The molecule has 5 aromatic rings. The number of thiazole rings is 1. The van der Waals surface area contributed by atoms with Crippen molar-refractivity contribution < 1.29 is 9.59 Å². The average molecular weight is 609 g/mol. The van der Waals surface area contributed by atoms with Crippen molar-refractivity contribution in [2.45, 2.75) is 38.1 Å². The van der Waals surface area contributed by atoms with Crippen LogP contribution in [0, 0.1) is 16.7 Å². The van der Waals surface area contributed by atoms with E-state index in [9.17, 15) is 14.9 Å². The fourth-order valence-corrected chi connectivity index (χ4v) is 7.84. The SMILES string of the molecule is CC1(C(=O)Nc2nc(-c3cccc(C(=O)N(CCC#N)Cc4ccccc4)c3)cs2)CC2c3ccccc3C1c1ccccc12. The fourth-order valence-electron chi connectivity index (χ4n) is 7.13. The van der Waals surface area contributed by atoms with E-state index in [1.807, 2.05) is 53.9 Å². The van der Waals surface area contributed by atoms with E-state index in [0.29, 0.717) is 29.5 Å². The number of amides is 2. The number of carbonyl (C=O) groups excluding carboxylic acids is 2. The van der Waals surface area contributed by atoms with Crippen molar-refractivity contribution in [3.05, 3.63) is 142 Å². The fraction of sp³-hybridized carbons (Fsp3) is 0.211. The zero-order chi connectivity index (χ0) is 31.0. The monoisotopic (exact) mass is 608 g/mol. The molecule has 3 aliphatic rings. The van der Waals surface area contributed by atoms with E-state index in [4.69, 9.17) is 4.98 Å². The molecule has 2 bridgehead atoms. The number of anilines is 1. The van der Waals surface area contributed by atoms with Crippen molar-refractivity contribution >= 4 is 28.3 Å². The molecular formula is C38H32N4O2S. The zero-order valence-electron chi connectivity index (χ0n) is 24.9. The van der Waals surface area contributed by atoms with Crippen LogP contribution in [0.1, 0.15) is 69.8 Å². The summed E-state index contributed by atoms with van der Waals surface area (Å²) in [5, 5.41) is 14.8. The summed E-state index contributed by atoms with van der Waals surface area (Å²) in [6.07, 6.45) is 0.996. The molecule has 1 N–H and O–H groups in total. The quantitative estimate of drug-likeness (QED) is 0.193. The topological polar surface area (TPSA) is 86.1 Å². The van der Waals surface area contributed by atoms with Gasteiger partial charge >= 0.3 is 0 Å². The van der Waals surface area contributed by atoms with E-state index < -0.39 is 5.41 Å². The third-order valence-electron chi connectivity index (χ3n) is 9.28. The van der Waals surface area contributed by atoms with E-state index in [2.05, 4.69) is 66.8 Å². The molecule has 7 heteroatoms. The van der Waals surface area contributed by atoms with Gasteiger partial charge in [0, 0.05) is 41.4 Å². The molecule has 0 radical (unpaired) electrons. The normalized spacial score (nSPS) is 19.2. The summed E-state index contributed by atoms with van der Waals surface area (Å²) in [5.41, 5.74) is 7.53. The molecule has 0 saturated carbocycles. The van der Waals surface area contributed by atoms with Gasteiger partial charge in [0.15, 0.2) is 5.13 Å². The molecule has 1 heterocycles. The van der Waals surface area contributed by atoms with Gasteiger partial charge in [0.2, 0.25) is 5.91 Å². The molecule has 1 aromatic heterocycles. The minimum absolute atomic E-state index is 0.0274. The van der Waals surface area contributed by atoms with Crippen LogP contribution in [0.4, 0.5) is 5.13 Å². The third kappa shape index (κ3) is 5.22. The molecule has 0 aliphatic heterocycles. The lowest BCUT2D eigenvalue weighted by atomic mass is 9.52. The van der Waals surface area contributed by atoms with Crippen LogP contribution < -0.4 is 5.32 Å². The van der Waals surface area contributed by atoms with Crippen molar-refractivity contribution in [3.8, 4) is 17.3 Å². The highest BCUT2D eigenvalue weighted by Crippen LogP contribution is 2.61. The van der Waals surface area contributed by atoms with Crippen LogP contribution in [0.3, 0.4) is 0 Å². The van der Waals surface area contributed by atoms with Gasteiger partial charge in [0.25, 0.3) is 5.91 Å². The Balaban J connectivity index is 1.11. The van der Waals surface area contributed by atoms with Gasteiger partial charge < -0.3 is 10.2 Å². The summed E-state index contributed by atoms with van der Waals surface area (Å²) < 4.78 is 0. The smallest absolute Gasteiger partial charge is 0.254 e. The number of benzene rings is 4. The van der Waals surface area contributed by atoms with Crippen LogP contribution in [0.5, 0.6) is 0 Å². The standard InChI is InChI=1S/C38H32N4O2S/c1-38(22-32-28-15-5-7-17-30(28)34(38)31-18-8-6-16-29(31)32)36(44)41-37-40-33(24-45-37)26-13-9-14-27(21-26)35(43)42(20-10-19-39)23-25-11-3-2-4-12-25/h2-9,11-18,21,24,32,34H,10,20,22-23H2,1H3,(H,40,41,44). The summed E-state index contributed by atoms with van der Waals surface area (Å²) in [6.45, 7) is 2.86. The Hall–Kier alpha value is -5.06. The van der Waals surface area contributed by atoms with E-state index in [1.54, 1.807) is 11.0 Å². The van der Waals surface area contributed by atoms with Crippen molar-refractivity contribution in [1.29, 1.82) is 5.26 Å². The molecule has 2 amide bonds. The lowest BCUT2D eigenvalue weighted by molar-refractivity contribution is -0.126. The number of hydrogen-bond donors (Lipinski definition) is 1. The van der Waals surface area contributed by atoms with Gasteiger partial charge in [0.05, 0.1) is 23.6 Å². The number of nitrogens with zero attached hydrogens (tertiary/aromatic N) is 3. The molecule has 0 saturated heterocycles. The molecule has 6 nitrogen and oxygen atoms in total. The minimum atomic E-state index is -0.628. The zero-order valence-corrected chi connectivity index (χ0v) is 25.8. The maximum Gasteiger partial charge on any atom is 0.254 e. The summed E-state index contributed by atoms with van der Waals surface area (Å²) in [5.74, 6) is -0.0160. The molecule has 1 unspecified atom stereocenters. The predicted octanol–water partition coefficient (Wildman–Crippen LogP) is 7.99. The number of hydrogen-bond acceptors (Lipinski definition) is 5. The Labute approximate surface area is 267 Å². The largest absolute Gasteiger partial charge is 0.333 e. The second kappa shape index (κ2) is 11.8. The lowest BCUT2D eigenvalue weighted by Crippen LogP contribution is -2.47. The summed E-state index contributed by atoms with van der Waals surface area (Å²) in [6, 6.07) is 36.4. The molecule has 0 fully saturated rings. The van der Waals surface area contributed by atoms with Gasteiger partial charge in [-0.05, 0) is 53.3 Å². The first-order chi connectivity index (χ1) is 22.0. The van der Waals surface area contributed by atoms with E-state index in [1.165, 1.54) is 33.6 Å². The Morgan fingerprint density at radius 1 is 0.933 bits per heavy atom. The number of fused-ring (bicyclic) bond motifs is 1. The molecule has 4 aromatic carbocycles. The van der Waals surface area contributed by atoms with Crippen LogP contribution in [-0.2, 0) is 11.3 Å². The Kier molecular flexibility index (Phi) is 7.52. The van der Waals surface area contributed by atoms with Crippen LogP contribution in [-0.4, -0.2) is 28.2 Å². The van der Waals surface area contributed by atoms with Crippen molar-refractivity contribution in [3.63, 3.8) is 0 Å². The second-order valence-corrected chi connectivity index (χ2v) is 12.9. The predicted molar refractivity (Wildman–Crippen MR) is 177 cm³/mol. The van der Waals surface area contributed by atoms with Crippen LogP contribution >= 0.6 is 11.3 Å². The molecular weight excluding hydrogens is 577 g/mol. The summed E-state index contributed by atoms with van der Waals surface area (Å²) in [4.78, 5) is 34.1. The van der Waals surface area contributed by atoms with E-state index in [0.717, 1.165) is 17.5 Å². The van der Waals surface area contributed by atoms with Crippen LogP contribution in [0.2, 0.25) is 0 Å². The summed E-state index contributed by atoms with van der Waals surface area (Å²) in [7, 11) is 0. The Morgan fingerprint density at radius 3 is 2.29 bits per heavy atom. The lowest BCUT2D eigenvalue weighted by Gasteiger charge is -2.50. The molecule has 45 heavy (non-hydrogen) atoms. The van der Waals surface area contributed by atoms with Gasteiger partial charge in [-0.1, -0.05) is 91.0 Å². The van der Waals surface area contributed by atoms with Crippen LogP contribution in [0.25, 0.3) is 11.3 Å². The first kappa shape index (κ1) is 28.7. The van der Waals surface area contributed by atoms with E-state index in [-0.39, 0.29) is 30.1 Å². The second-order valence-electron chi connectivity index (χ2n) is 12.1. The highest BCUT2D eigenvalue weighted by molar-refractivity contribution is 7.14. The van der Waals surface area contributed by atoms with Gasteiger partial charge in [0.1, 0.15) is 0 Å². The Bertz CT molecular complexity index is 1900. The first-order valence-corrected chi connectivity index (χ1v) is 16.1. The third-order valence-corrected chi connectivity index (χ3v) is 10.0. The number of carbonyl (C=O) groups is 2. The highest BCUT2D eigenvalue weighted by atomic mass is 32.1. The number of nitriles is 1. The highest BCUT2D eigenvalue weighted by Gasteiger charge is 2.54. The van der Waals surface area contributed by atoms with Gasteiger partial charge in [-0.25, -0.2) is 4.98 Å². The molecule has 0 spiro atoms. The number of rotatable bonds is 8. The molecule has 8 rings (SSSR count). The first-order valence-electron chi connectivity index (χ1n) is 15.2. The number of nitrogens with one attached hydrogen (secondary N) is 1. The minimum Gasteiger partial charge on any atom is -0.333 e. The maximum atomic E-state index is 14.1. The molecule has 3 aliphatic carbocycles.